The van der Waals surface area contributed by atoms with E-state index in [1.54, 1.807) is 0 Å². The highest BCUT2D eigenvalue weighted by molar-refractivity contribution is 5.78. The van der Waals surface area contributed by atoms with E-state index in [-0.39, 0.29) is 11.8 Å². The molecule has 1 aliphatic heterocycles. The first-order valence-electron chi connectivity index (χ1n) is 5.88. The van der Waals surface area contributed by atoms with Gasteiger partial charge in [-0.05, 0) is 18.5 Å². The minimum absolute atomic E-state index is 0.0111. The molecule has 1 amide bonds. The van der Waals surface area contributed by atoms with Gasteiger partial charge in [0.25, 0.3) is 0 Å². The number of likely N-dealkylation sites (tertiary alicyclic amines) is 1. The Hall–Kier alpha value is -1.39. The molecule has 1 atom stereocenters. The highest BCUT2D eigenvalue weighted by atomic mass is 16.6. The number of nitrogens with zero attached hydrogens (tertiary/aromatic N) is 1. The molecule has 0 bridgehead atoms. The van der Waals surface area contributed by atoms with Gasteiger partial charge in [0.15, 0.2) is 0 Å². The van der Waals surface area contributed by atoms with Gasteiger partial charge in [-0.1, -0.05) is 30.3 Å². The largest absolute Gasteiger partial charge is 0.298 e. The van der Waals surface area contributed by atoms with Crippen LogP contribution in [0.3, 0.4) is 0 Å². The molecular weight excluding hydrogens is 216 g/mol. The summed E-state index contributed by atoms with van der Waals surface area (Å²) < 4.78 is 0. The molecule has 1 fully saturated rings. The zero-order valence-corrected chi connectivity index (χ0v) is 10.1. The van der Waals surface area contributed by atoms with E-state index in [0.29, 0.717) is 0 Å². The molecule has 1 unspecified atom stereocenters. The standard InChI is InChI=1S/C13H18N2O2/c1-17-14-13(16)12-7-8-15(10-12)9-11-5-3-2-4-6-11/h2-6,12H,7-10H2,1H3,(H,14,16). The molecule has 1 aromatic carbocycles. The Morgan fingerprint density at radius 3 is 2.94 bits per heavy atom. The molecule has 92 valence electrons. The van der Waals surface area contributed by atoms with Crippen molar-refractivity contribution in [3.63, 3.8) is 0 Å². The lowest BCUT2D eigenvalue weighted by Crippen LogP contribution is -2.31. The van der Waals surface area contributed by atoms with Gasteiger partial charge in [-0.25, -0.2) is 5.48 Å². The fourth-order valence-corrected chi connectivity index (χ4v) is 2.22. The van der Waals surface area contributed by atoms with Crippen molar-refractivity contribution in [2.24, 2.45) is 5.92 Å². The second-order valence-corrected chi connectivity index (χ2v) is 4.38. The van der Waals surface area contributed by atoms with Crippen LogP contribution >= 0.6 is 0 Å². The van der Waals surface area contributed by atoms with E-state index in [0.717, 1.165) is 26.1 Å². The summed E-state index contributed by atoms with van der Waals surface area (Å²) in [5, 5.41) is 0. The highest BCUT2D eigenvalue weighted by Crippen LogP contribution is 2.18. The maximum absolute atomic E-state index is 11.6. The number of rotatable bonds is 4. The maximum Gasteiger partial charge on any atom is 0.247 e. The first kappa shape index (κ1) is 12.1. The third kappa shape index (κ3) is 3.28. The average Bonchev–Trinajstić information content (AvgIpc) is 2.79. The lowest BCUT2D eigenvalue weighted by atomic mass is 10.1. The molecule has 1 aromatic rings. The molecule has 2 rings (SSSR count). The molecule has 4 nitrogen and oxygen atoms in total. The maximum atomic E-state index is 11.6. The quantitative estimate of drug-likeness (QED) is 0.796. The topological polar surface area (TPSA) is 41.6 Å². The van der Waals surface area contributed by atoms with E-state index < -0.39 is 0 Å². The number of hydrogen-bond donors (Lipinski definition) is 1. The lowest BCUT2D eigenvalue weighted by Gasteiger charge is -2.15. The molecule has 4 heteroatoms. The molecule has 17 heavy (non-hydrogen) atoms. The van der Waals surface area contributed by atoms with Crippen LogP contribution in [0, 0.1) is 5.92 Å². The number of carbonyl (C=O) groups is 1. The van der Waals surface area contributed by atoms with Crippen LogP contribution in [-0.2, 0) is 16.2 Å². The molecule has 1 heterocycles. The van der Waals surface area contributed by atoms with Crippen LogP contribution in [0.15, 0.2) is 30.3 Å². The Morgan fingerprint density at radius 1 is 1.47 bits per heavy atom. The van der Waals surface area contributed by atoms with E-state index in [4.69, 9.17) is 0 Å². The Labute approximate surface area is 102 Å². The number of amides is 1. The van der Waals surface area contributed by atoms with Crippen molar-refractivity contribution in [2.75, 3.05) is 20.2 Å². The van der Waals surface area contributed by atoms with Crippen LogP contribution < -0.4 is 5.48 Å². The lowest BCUT2D eigenvalue weighted by molar-refractivity contribution is -0.135. The van der Waals surface area contributed by atoms with E-state index in [1.807, 2.05) is 18.2 Å². The Kier molecular flexibility index (Phi) is 4.12. The third-order valence-electron chi connectivity index (χ3n) is 3.09. The van der Waals surface area contributed by atoms with Gasteiger partial charge >= 0.3 is 0 Å². The fourth-order valence-electron chi connectivity index (χ4n) is 2.22. The minimum atomic E-state index is -0.0111. The van der Waals surface area contributed by atoms with Gasteiger partial charge in [0.05, 0.1) is 13.0 Å². The van der Waals surface area contributed by atoms with E-state index in [9.17, 15) is 4.79 Å². The summed E-state index contributed by atoms with van der Waals surface area (Å²) in [5.41, 5.74) is 3.70. The Balaban J connectivity index is 1.84. The van der Waals surface area contributed by atoms with Gasteiger partial charge in [0.2, 0.25) is 5.91 Å². The van der Waals surface area contributed by atoms with Crippen molar-refractivity contribution in [1.29, 1.82) is 0 Å². The van der Waals surface area contributed by atoms with Crippen LogP contribution in [0.25, 0.3) is 0 Å². The fraction of sp³-hybridized carbons (Fsp3) is 0.462. The summed E-state index contributed by atoms with van der Waals surface area (Å²) >= 11 is 0. The van der Waals surface area contributed by atoms with Gasteiger partial charge in [-0.15, -0.1) is 0 Å². The van der Waals surface area contributed by atoms with Gasteiger partial charge in [0, 0.05) is 13.1 Å². The molecule has 1 aliphatic rings. The summed E-state index contributed by atoms with van der Waals surface area (Å²) in [7, 11) is 1.47. The van der Waals surface area contributed by atoms with Crippen LogP contribution in [0.2, 0.25) is 0 Å². The SMILES string of the molecule is CONC(=O)C1CCN(Cc2ccccc2)C1. The number of nitrogens with one attached hydrogen (secondary N) is 1. The monoisotopic (exact) mass is 234 g/mol. The molecule has 1 saturated heterocycles. The summed E-state index contributed by atoms with van der Waals surface area (Å²) in [6, 6.07) is 10.3. The summed E-state index contributed by atoms with van der Waals surface area (Å²) in [5.74, 6) is 0.0433. The van der Waals surface area contributed by atoms with Crippen LogP contribution in [-0.4, -0.2) is 31.0 Å². The summed E-state index contributed by atoms with van der Waals surface area (Å²) in [6.07, 6.45) is 0.905. The summed E-state index contributed by atoms with van der Waals surface area (Å²) in [4.78, 5) is 18.5. The number of carbonyl (C=O) groups excluding carboxylic acids is 1. The van der Waals surface area contributed by atoms with Crippen LogP contribution in [0.5, 0.6) is 0 Å². The van der Waals surface area contributed by atoms with Crippen molar-refractivity contribution in [1.82, 2.24) is 10.4 Å². The molecule has 0 radical (unpaired) electrons. The molecule has 0 spiro atoms. The van der Waals surface area contributed by atoms with Crippen LogP contribution in [0.4, 0.5) is 0 Å². The van der Waals surface area contributed by atoms with Gasteiger partial charge in [-0.3, -0.25) is 14.5 Å². The second-order valence-electron chi connectivity index (χ2n) is 4.38. The normalized spacial score (nSPS) is 20.4. The predicted molar refractivity (Wildman–Crippen MR) is 65.0 cm³/mol. The van der Waals surface area contributed by atoms with E-state index >= 15 is 0 Å². The Bertz CT molecular complexity index is 367. The van der Waals surface area contributed by atoms with Crippen molar-refractivity contribution in [2.45, 2.75) is 13.0 Å². The predicted octanol–water partition coefficient (Wildman–Crippen LogP) is 1.19. The van der Waals surface area contributed by atoms with Crippen molar-refractivity contribution in [3.05, 3.63) is 35.9 Å². The second kappa shape index (κ2) is 5.80. The first-order valence-corrected chi connectivity index (χ1v) is 5.88. The average molecular weight is 234 g/mol. The zero-order chi connectivity index (χ0) is 12.1. The number of benzene rings is 1. The molecule has 0 aliphatic carbocycles. The van der Waals surface area contributed by atoms with Crippen molar-refractivity contribution < 1.29 is 9.63 Å². The minimum Gasteiger partial charge on any atom is -0.298 e. The number of hydroxylamine groups is 1. The van der Waals surface area contributed by atoms with E-state index in [2.05, 4.69) is 27.4 Å². The molecule has 0 saturated carbocycles. The van der Waals surface area contributed by atoms with Crippen molar-refractivity contribution in [3.8, 4) is 0 Å². The highest BCUT2D eigenvalue weighted by Gasteiger charge is 2.28. The zero-order valence-electron chi connectivity index (χ0n) is 10.1. The Morgan fingerprint density at radius 2 is 2.24 bits per heavy atom. The van der Waals surface area contributed by atoms with E-state index in [1.165, 1.54) is 12.7 Å². The molecule has 1 N–H and O–H groups in total. The van der Waals surface area contributed by atoms with Gasteiger partial charge < -0.3 is 0 Å². The smallest absolute Gasteiger partial charge is 0.247 e. The molecular formula is C13H18N2O2. The summed E-state index contributed by atoms with van der Waals surface area (Å²) in [6.45, 7) is 2.69. The molecule has 0 aromatic heterocycles. The van der Waals surface area contributed by atoms with Gasteiger partial charge in [0.1, 0.15) is 0 Å². The van der Waals surface area contributed by atoms with Crippen LogP contribution in [0.1, 0.15) is 12.0 Å². The van der Waals surface area contributed by atoms with Crippen molar-refractivity contribution >= 4 is 5.91 Å². The third-order valence-corrected chi connectivity index (χ3v) is 3.09. The van der Waals surface area contributed by atoms with Gasteiger partial charge in [-0.2, -0.15) is 0 Å². The first-order chi connectivity index (χ1) is 8.29. The number of hydrogen-bond acceptors (Lipinski definition) is 3.